The SMILES string of the molecule is CC(=O)c1ccc(NC(=O)NCCNc2ncccn2)cc1. The molecule has 0 unspecified atom stereocenters. The molecule has 0 aliphatic heterocycles. The molecule has 0 aliphatic carbocycles. The topological polar surface area (TPSA) is 96.0 Å². The van der Waals surface area contributed by atoms with Crippen LogP contribution in [-0.4, -0.2) is 34.9 Å². The molecule has 22 heavy (non-hydrogen) atoms. The third-order valence-electron chi connectivity index (χ3n) is 2.81. The zero-order chi connectivity index (χ0) is 15.8. The van der Waals surface area contributed by atoms with Gasteiger partial charge in [0.2, 0.25) is 5.95 Å². The minimum atomic E-state index is -0.314. The highest BCUT2D eigenvalue weighted by molar-refractivity contribution is 5.95. The number of urea groups is 1. The second kappa shape index (κ2) is 7.72. The van der Waals surface area contributed by atoms with Crippen LogP contribution in [0.25, 0.3) is 0 Å². The van der Waals surface area contributed by atoms with Crippen molar-refractivity contribution in [3.05, 3.63) is 48.3 Å². The summed E-state index contributed by atoms with van der Waals surface area (Å²) in [6.45, 7) is 2.44. The number of Topliss-reactive ketones (excluding diaryl/α,β-unsaturated/α-hetero) is 1. The number of nitrogens with one attached hydrogen (secondary N) is 3. The summed E-state index contributed by atoms with van der Waals surface area (Å²) in [5.41, 5.74) is 1.24. The van der Waals surface area contributed by atoms with Gasteiger partial charge in [0.25, 0.3) is 0 Å². The number of anilines is 2. The van der Waals surface area contributed by atoms with Gasteiger partial charge in [0.15, 0.2) is 5.78 Å². The van der Waals surface area contributed by atoms with Crippen LogP contribution in [0.5, 0.6) is 0 Å². The second-order valence-electron chi connectivity index (χ2n) is 4.51. The fraction of sp³-hybridized carbons (Fsp3) is 0.200. The zero-order valence-corrected chi connectivity index (χ0v) is 12.2. The quantitative estimate of drug-likeness (QED) is 0.559. The molecule has 0 saturated carbocycles. The van der Waals surface area contributed by atoms with Crippen LogP contribution in [0.3, 0.4) is 0 Å². The first-order chi connectivity index (χ1) is 10.6. The van der Waals surface area contributed by atoms with E-state index in [4.69, 9.17) is 0 Å². The first-order valence-corrected chi connectivity index (χ1v) is 6.82. The molecular formula is C15H17N5O2. The Labute approximate surface area is 128 Å². The Kier molecular flexibility index (Phi) is 5.42. The molecule has 1 heterocycles. The number of carbonyl (C=O) groups excluding carboxylic acids is 2. The number of aromatic nitrogens is 2. The van der Waals surface area contributed by atoms with Crippen LogP contribution in [0, 0.1) is 0 Å². The summed E-state index contributed by atoms with van der Waals surface area (Å²) in [6, 6.07) is 8.14. The Bertz CT molecular complexity index is 628. The number of rotatable bonds is 6. The molecule has 2 rings (SSSR count). The Morgan fingerprint density at radius 2 is 1.73 bits per heavy atom. The van der Waals surface area contributed by atoms with Crippen LogP contribution in [0.15, 0.2) is 42.7 Å². The van der Waals surface area contributed by atoms with Crippen LogP contribution < -0.4 is 16.0 Å². The van der Waals surface area contributed by atoms with E-state index in [2.05, 4.69) is 25.9 Å². The minimum Gasteiger partial charge on any atom is -0.352 e. The molecule has 0 aliphatic rings. The van der Waals surface area contributed by atoms with Gasteiger partial charge in [0, 0.05) is 36.7 Å². The van der Waals surface area contributed by atoms with Gasteiger partial charge in [-0.1, -0.05) is 0 Å². The van der Waals surface area contributed by atoms with Crippen LogP contribution in [0.1, 0.15) is 17.3 Å². The molecule has 1 aromatic heterocycles. The third kappa shape index (κ3) is 4.86. The number of benzene rings is 1. The first kappa shape index (κ1) is 15.4. The highest BCUT2D eigenvalue weighted by atomic mass is 16.2. The third-order valence-corrected chi connectivity index (χ3v) is 2.81. The lowest BCUT2D eigenvalue weighted by atomic mass is 10.1. The van der Waals surface area contributed by atoms with E-state index < -0.39 is 0 Å². The van der Waals surface area contributed by atoms with Crippen molar-refractivity contribution in [2.75, 3.05) is 23.7 Å². The van der Waals surface area contributed by atoms with Crippen molar-refractivity contribution in [2.45, 2.75) is 6.92 Å². The van der Waals surface area contributed by atoms with Crippen LogP contribution in [0.2, 0.25) is 0 Å². The number of ketones is 1. The molecule has 7 nitrogen and oxygen atoms in total. The molecule has 2 amide bonds. The lowest BCUT2D eigenvalue weighted by molar-refractivity contribution is 0.101. The number of nitrogens with zero attached hydrogens (tertiary/aromatic N) is 2. The van der Waals surface area contributed by atoms with Crippen LogP contribution >= 0.6 is 0 Å². The van der Waals surface area contributed by atoms with Crippen molar-refractivity contribution in [1.82, 2.24) is 15.3 Å². The van der Waals surface area contributed by atoms with Gasteiger partial charge in [-0.2, -0.15) is 0 Å². The Morgan fingerprint density at radius 1 is 1.05 bits per heavy atom. The zero-order valence-electron chi connectivity index (χ0n) is 12.2. The van der Waals surface area contributed by atoms with E-state index >= 15 is 0 Å². The van der Waals surface area contributed by atoms with Gasteiger partial charge in [-0.15, -0.1) is 0 Å². The fourth-order valence-electron chi connectivity index (χ4n) is 1.70. The average Bonchev–Trinajstić information content (AvgIpc) is 2.53. The van der Waals surface area contributed by atoms with Crippen LogP contribution in [-0.2, 0) is 0 Å². The van der Waals surface area contributed by atoms with Crippen molar-refractivity contribution in [3.63, 3.8) is 0 Å². The van der Waals surface area contributed by atoms with Gasteiger partial charge in [-0.05, 0) is 37.3 Å². The normalized spacial score (nSPS) is 9.86. The summed E-state index contributed by atoms with van der Waals surface area (Å²) in [6.07, 6.45) is 3.28. The molecule has 3 N–H and O–H groups in total. The van der Waals surface area contributed by atoms with Gasteiger partial charge < -0.3 is 16.0 Å². The van der Waals surface area contributed by atoms with Crippen molar-refractivity contribution in [3.8, 4) is 0 Å². The van der Waals surface area contributed by atoms with E-state index in [-0.39, 0.29) is 11.8 Å². The number of hydrogen-bond donors (Lipinski definition) is 3. The van der Waals surface area contributed by atoms with Gasteiger partial charge in [0.05, 0.1) is 0 Å². The molecule has 0 bridgehead atoms. The van der Waals surface area contributed by atoms with Crippen molar-refractivity contribution < 1.29 is 9.59 Å². The highest BCUT2D eigenvalue weighted by Crippen LogP contribution is 2.09. The smallest absolute Gasteiger partial charge is 0.319 e. The number of amides is 2. The molecule has 0 fully saturated rings. The largest absolute Gasteiger partial charge is 0.352 e. The molecular weight excluding hydrogens is 282 g/mol. The molecule has 2 aromatic rings. The van der Waals surface area contributed by atoms with Gasteiger partial charge in [-0.3, -0.25) is 4.79 Å². The van der Waals surface area contributed by atoms with Crippen molar-refractivity contribution in [2.24, 2.45) is 0 Å². The maximum Gasteiger partial charge on any atom is 0.319 e. The predicted octanol–water partition coefficient (Wildman–Crippen LogP) is 1.91. The summed E-state index contributed by atoms with van der Waals surface area (Å²) in [5, 5.41) is 8.37. The lowest BCUT2D eigenvalue weighted by Gasteiger charge is -2.08. The molecule has 0 atom stereocenters. The molecule has 0 radical (unpaired) electrons. The monoisotopic (exact) mass is 299 g/mol. The number of carbonyl (C=O) groups is 2. The molecule has 114 valence electrons. The summed E-state index contributed by atoms with van der Waals surface area (Å²) < 4.78 is 0. The molecule has 0 saturated heterocycles. The first-order valence-electron chi connectivity index (χ1n) is 6.82. The lowest BCUT2D eigenvalue weighted by Crippen LogP contribution is -2.32. The maximum atomic E-state index is 11.7. The van der Waals surface area contributed by atoms with E-state index in [1.807, 2.05) is 0 Å². The molecule has 7 heteroatoms. The van der Waals surface area contributed by atoms with E-state index in [1.54, 1.807) is 42.7 Å². The Morgan fingerprint density at radius 3 is 2.36 bits per heavy atom. The Balaban J connectivity index is 1.70. The summed E-state index contributed by atoms with van der Waals surface area (Å²) >= 11 is 0. The maximum absolute atomic E-state index is 11.7. The summed E-state index contributed by atoms with van der Waals surface area (Å²) in [4.78, 5) is 30.9. The van der Waals surface area contributed by atoms with E-state index in [9.17, 15) is 9.59 Å². The predicted molar refractivity (Wildman–Crippen MR) is 84.0 cm³/mol. The average molecular weight is 299 g/mol. The Hall–Kier alpha value is -2.96. The summed E-state index contributed by atoms with van der Waals surface area (Å²) in [7, 11) is 0. The standard InChI is InChI=1S/C15H17N5O2/c1-11(21)12-3-5-13(6-4-12)20-15(22)19-10-9-18-14-16-7-2-8-17-14/h2-8H,9-10H2,1H3,(H,16,17,18)(H2,19,20,22). The summed E-state index contributed by atoms with van der Waals surface area (Å²) in [5.74, 6) is 0.509. The van der Waals surface area contributed by atoms with Gasteiger partial charge in [-0.25, -0.2) is 14.8 Å². The fourth-order valence-corrected chi connectivity index (χ4v) is 1.70. The number of hydrogen-bond acceptors (Lipinski definition) is 5. The van der Waals surface area contributed by atoms with Gasteiger partial charge >= 0.3 is 6.03 Å². The second-order valence-corrected chi connectivity index (χ2v) is 4.51. The highest BCUT2D eigenvalue weighted by Gasteiger charge is 2.03. The van der Waals surface area contributed by atoms with Gasteiger partial charge in [0.1, 0.15) is 0 Å². The van der Waals surface area contributed by atoms with E-state index in [1.165, 1.54) is 6.92 Å². The van der Waals surface area contributed by atoms with Crippen molar-refractivity contribution >= 4 is 23.5 Å². The van der Waals surface area contributed by atoms with E-state index in [0.717, 1.165) is 0 Å². The van der Waals surface area contributed by atoms with Crippen molar-refractivity contribution in [1.29, 1.82) is 0 Å². The van der Waals surface area contributed by atoms with E-state index in [0.29, 0.717) is 30.3 Å². The minimum absolute atomic E-state index is 0.00907. The molecule has 0 spiro atoms. The molecule has 1 aromatic carbocycles. The van der Waals surface area contributed by atoms with Crippen LogP contribution in [0.4, 0.5) is 16.4 Å².